The number of rotatable bonds is 4. The zero-order valence-corrected chi connectivity index (χ0v) is 11.4. The van der Waals surface area contributed by atoms with Crippen LogP contribution in [-0.2, 0) is 11.0 Å². The van der Waals surface area contributed by atoms with Gasteiger partial charge in [0.1, 0.15) is 0 Å². The van der Waals surface area contributed by atoms with E-state index >= 15 is 0 Å². The smallest absolute Gasteiger partial charge is 0.416 e. The molecule has 1 amide bonds. The monoisotopic (exact) mass is 322 g/mol. The molecule has 1 N–H and O–H groups in total. The molecule has 1 aromatic heterocycles. The van der Waals surface area contributed by atoms with Crippen LogP contribution in [0.3, 0.4) is 0 Å². The van der Waals surface area contributed by atoms with Crippen LogP contribution in [-0.4, -0.2) is 11.7 Å². The number of nitriles is 1. The topological polar surface area (TPSA) is 83.1 Å². The minimum absolute atomic E-state index is 0.0375. The molecule has 1 heterocycles. The van der Waals surface area contributed by atoms with E-state index in [2.05, 4.69) is 5.32 Å². The van der Waals surface area contributed by atoms with Crippen LogP contribution in [0.5, 0.6) is 0 Å². The largest absolute Gasteiger partial charge is 0.461 e. The summed E-state index contributed by atoms with van der Waals surface area (Å²) in [6, 6.07) is 7.91. The normalized spacial score (nSPS) is 12.3. The molecule has 1 aromatic carbocycles. The fraction of sp³-hybridized carbons (Fsp3) is 0.133. The Labute approximate surface area is 128 Å². The van der Waals surface area contributed by atoms with Gasteiger partial charge in [0, 0.05) is 5.69 Å². The Morgan fingerprint density at radius 2 is 1.83 bits per heavy atom. The highest BCUT2D eigenvalue weighted by Gasteiger charge is 2.31. The average molecular weight is 322 g/mol. The van der Waals surface area contributed by atoms with Crippen LogP contribution in [0.25, 0.3) is 0 Å². The summed E-state index contributed by atoms with van der Waals surface area (Å²) in [7, 11) is 0. The Morgan fingerprint density at radius 3 is 2.30 bits per heavy atom. The molecule has 1 unspecified atom stereocenters. The van der Waals surface area contributed by atoms with Crippen LogP contribution in [0.15, 0.2) is 47.1 Å². The molecule has 8 heteroatoms. The summed E-state index contributed by atoms with van der Waals surface area (Å²) in [6.45, 7) is 0. The van der Waals surface area contributed by atoms with Crippen molar-refractivity contribution in [3.05, 3.63) is 54.0 Å². The van der Waals surface area contributed by atoms with E-state index in [0.29, 0.717) is 0 Å². The zero-order valence-electron chi connectivity index (χ0n) is 11.4. The first-order valence-corrected chi connectivity index (χ1v) is 6.28. The van der Waals surface area contributed by atoms with Crippen molar-refractivity contribution in [3.8, 4) is 6.07 Å². The Bertz CT molecular complexity index is 744. The Morgan fingerprint density at radius 1 is 1.17 bits per heavy atom. The molecule has 2 rings (SSSR count). The number of hydrogen-bond acceptors (Lipinski definition) is 4. The lowest BCUT2D eigenvalue weighted by atomic mass is 10.0. The fourth-order valence-corrected chi connectivity index (χ4v) is 1.75. The lowest BCUT2D eigenvalue weighted by Gasteiger charge is -2.10. The maximum absolute atomic E-state index is 12.4. The summed E-state index contributed by atoms with van der Waals surface area (Å²) in [5.41, 5.74) is -0.838. The van der Waals surface area contributed by atoms with Crippen molar-refractivity contribution in [2.45, 2.75) is 6.18 Å². The van der Waals surface area contributed by atoms with Crippen molar-refractivity contribution >= 4 is 17.4 Å². The van der Waals surface area contributed by atoms with Crippen molar-refractivity contribution < 1.29 is 27.2 Å². The number of halogens is 3. The molecular weight excluding hydrogens is 313 g/mol. The zero-order chi connectivity index (χ0) is 17.0. The van der Waals surface area contributed by atoms with E-state index in [-0.39, 0.29) is 11.4 Å². The maximum atomic E-state index is 12.4. The number of carbonyl (C=O) groups excluding carboxylic acids is 2. The van der Waals surface area contributed by atoms with Crippen molar-refractivity contribution in [3.63, 3.8) is 0 Å². The van der Waals surface area contributed by atoms with Gasteiger partial charge in [-0.2, -0.15) is 18.4 Å². The minimum Gasteiger partial charge on any atom is -0.461 e. The van der Waals surface area contributed by atoms with E-state index in [0.717, 1.165) is 24.3 Å². The second-order valence-corrected chi connectivity index (χ2v) is 4.47. The van der Waals surface area contributed by atoms with Gasteiger partial charge in [-0.15, -0.1) is 0 Å². The van der Waals surface area contributed by atoms with Crippen LogP contribution in [0, 0.1) is 17.2 Å². The molecule has 0 saturated carbocycles. The van der Waals surface area contributed by atoms with Crippen LogP contribution in [0.2, 0.25) is 0 Å². The molecule has 0 aliphatic heterocycles. The van der Waals surface area contributed by atoms with E-state index in [1.54, 1.807) is 6.07 Å². The molecule has 0 aliphatic carbocycles. The van der Waals surface area contributed by atoms with Crippen LogP contribution in [0.1, 0.15) is 16.1 Å². The lowest BCUT2D eigenvalue weighted by Crippen LogP contribution is -2.28. The number of benzene rings is 1. The number of Topliss-reactive ketones (excluding diaryl/α,β-unsaturated/α-hetero) is 1. The summed E-state index contributed by atoms with van der Waals surface area (Å²) < 4.78 is 42.2. The first-order valence-electron chi connectivity index (χ1n) is 6.28. The molecule has 0 radical (unpaired) electrons. The highest BCUT2D eigenvalue weighted by molar-refractivity contribution is 6.14. The van der Waals surface area contributed by atoms with E-state index in [4.69, 9.17) is 9.68 Å². The predicted molar refractivity (Wildman–Crippen MR) is 72.2 cm³/mol. The van der Waals surface area contributed by atoms with E-state index < -0.39 is 29.3 Å². The average Bonchev–Trinajstić information content (AvgIpc) is 3.01. The highest BCUT2D eigenvalue weighted by Crippen LogP contribution is 2.29. The third-order valence-electron chi connectivity index (χ3n) is 2.90. The summed E-state index contributed by atoms with van der Waals surface area (Å²) in [5, 5.41) is 11.2. The van der Waals surface area contributed by atoms with Crippen molar-refractivity contribution in [1.82, 2.24) is 0 Å². The second kappa shape index (κ2) is 6.36. The Hall–Kier alpha value is -3.08. The molecule has 0 bridgehead atoms. The summed E-state index contributed by atoms with van der Waals surface area (Å²) in [6.07, 6.45) is -3.28. The second-order valence-electron chi connectivity index (χ2n) is 4.47. The number of amides is 1. The highest BCUT2D eigenvalue weighted by atomic mass is 19.4. The number of furan rings is 1. The van der Waals surface area contributed by atoms with E-state index in [1.165, 1.54) is 18.4 Å². The number of alkyl halides is 3. The molecule has 23 heavy (non-hydrogen) atoms. The first-order chi connectivity index (χ1) is 10.8. The SMILES string of the molecule is N#CC(C(=O)Nc1ccc(C(F)(F)F)cc1)C(=O)c1ccco1. The molecule has 2 aromatic rings. The van der Waals surface area contributed by atoms with Gasteiger partial charge in [-0.05, 0) is 36.4 Å². The molecule has 5 nitrogen and oxygen atoms in total. The van der Waals surface area contributed by atoms with Crippen LogP contribution >= 0.6 is 0 Å². The van der Waals surface area contributed by atoms with Gasteiger partial charge in [0.2, 0.25) is 11.7 Å². The van der Waals surface area contributed by atoms with Crippen molar-refractivity contribution in [1.29, 1.82) is 5.26 Å². The van der Waals surface area contributed by atoms with Gasteiger partial charge in [0.05, 0.1) is 17.9 Å². The molecule has 0 saturated heterocycles. The van der Waals surface area contributed by atoms with E-state index in [1.807, 2.05) is 0 Å². The van der Waals surface area contributed by atoms with E-state index in [9.17, 15) is 22.8 Å². The summed E-state index contributed by atoms with van der Waals surface area (Å²) in [5.74, 6) is -3.60. The van der Waals surface area contributed by atoms with Crippen LogP contribution in [0.4, 0.5) is 18.9 Å². The molecule has 1 atom stereocenters. The molecule has 118 valence electrons. The van der Waals surface area contributed by atoms with Gasteiger partial charge in [-0.3, -0.25) is 9.59 Å². The van der Waals surface area contributed by atoms with Gasteiger partial charge in [0.15, 0.2) is 11.7 Å². The summed E-state index contributed by atoms with van der Waals surface area (Å²) >= 11 is 0. The maximum Gasteiger partial charge on any atom is 0.416 e. The third-order valence-corrected chi connectivity index (χ3v) is 2.90. The van der Waals surface area contributed by atoms with Gasteiger partial charge in [0.25, 0.3) is 0 Å². The molecule has 0 aliphatic rings. The standard InChI is InChI=1S/C15H9F3N2O3/c16-15(17,18)9-3-5-10(6-4-9)20-14(22)11(8-19)13(21)12-2-1-7-23-12/h1-7,11H,(H,20,22). The molecule has 0 fully saturated rings. The van der Waals surface area contributed by atoms with Gasteiger partial charge >= 0.3 is 6.18 Å². The van der Waals surface area contributed by atoms with Gasteiger partial charge in [-0.1, -0.05) is 0 Å². The number of anilines is 1. The number of ketones is 1. The number of hydrogen-bond donors (Lipinski definition) is 1. The Balaban J connectivity index is 2.11. The lowest BCUT2D eigenvalue weighted by molar-refractivity contribution is -0.137. The number of nitrogens with zero attached hydrogens (tertiary/aromatic N) is 1. The predicted octanol–water partition coefficient (Wildman–Crippen LogP) is 3.26. The number of carbonyl (C=O) groups is 2. The van der Waals surface area contributed by atoms with Gasteiger partial charge in [-0.25, -0.2) is 0 Å². The molecule has 0 spiro atoms. The minimum atomic E-state index is -4.49. The summed E-state index contributed by atoms with van der Waals surface area (Å²) in [4.78, 5) is 23.9. The number of nitrogens with one attached hydrogen (secondary N) is 1. The van der Waals surface area contributed by atoms with Crippen molar-refractivity contribution in [2.75, 3.05) is 5.32 Å². The molecular formula is C15H9F3N2O3. The fourth-order valence-electron chi connectivity index (χ4n) is 1.75. The van der Waals surface area contributed by atoms with Crippen LogP contribution < -0.4 is 5.32 Å². The van der Waals surface area contributed by atoms with Crippen molar-refractivity contribution in [2.24, 2.45) is 5.92 Å². The Kier molecular flexibility index (Phi) is 4.50. The first kappa shape index (κ1) is 16.3. The third kappa shape index (κ3) is 3.77. The quantitative estimate of drug-likeness (QED) is 0.692. The van der Waals surface area contributed by atoms with Gasteiger partial charge < -0.3 is 9.73 Å².